The first-order valence-electron chi connectivity index (χ1n) is 4.79. The Morgan fingerprint density at radius 1 is 1.57 bits per heavy atom. The number of hydrogen-bond donors (Lipinski definition) is 1. The van der Waals surface area contributed by atoms with Gasteiger partial charge in [-0.1, -0.05) is 19.9 Å². The van der Waals surface area contributed by atoms with Crippen LogP contribution >= 0.6 is 0 Å². The number of nitrogens with one attached hydrogen (secondary N) is 1. The van der Waals surface area contributed by atoms with Crippen LogP contribution in [0.1, 0.15) is 29.9 Å². The summed E-state index contributed by atoms with van der Waals surface area (Å²) in [7, 11) is 1.86. The largest absolute Gasteiger partial charge is 0.316 e. The number of pyridine rings is 1. The molecule has 1 heterocycles. The van der Waals surface area contributed by atoms with Gasteiger partial charge in [0.25, 0.3) is 0 Å². The smallest absolute Gasteiger partial charge is 0.184 e. The second-order valence-corrected chi connectivity index (χ2v) is 3.56. The molecule has 0 aliphatic rings. The van der Waals surface area contributed by atoms with Crippen LogP contribution in [0.2, 0.25) is 0 Å². The Kier molecular flexibility index (Phi) is 3.77. The van der Waals surface area contributed by atoms with Crippen molar-refractivity contribution in [2.45, 2.75) is 20.4 Å². The summed E-state index contributed by atoms with van der Waals surface area (Å²) in [5.41, 5.74) is 1.56. The molecule has 0 aliphatic heterocycles. The van der Waals surface area contributed by atoms with Crippen LogP contribution in [0, 0.1) is 5.92 Å². The van der Waals surface area contributed by atoms with Crippen molar-refractivity contribution in [3.63, 3.8) is 0 Å². The molecular weight excluding hydrogens is 176 g/mol. The van der Waals surface area contributed by atoms with Crippen molar-refractivity contribution >= 4 is 5.78 Å². The molecule has 0 saturated carbocycles. The molecule has 3 nitrogen and oxygen atoms in total. The number of aromatic nitrogens is 1. The minimum atomic E-state index is 0.000469. The molecule has 0 radical (unpaired) electrons. The number of Topliss-reactive ketones (excluding diaryl/α,β-unsaturated/α-hetero) is 1. The van der Waals surface area contributed by atoms with E-state index in [1.807, 2.05) is 33.0 Å². The van der Waals surface area contributed by atoms with Gasteiger partial charge in [0.2, 0.25) is 0 Å². The third-order valence-electron chi connectivity index (χ3n) is 2.02. The van der Waals surface area contributed by atoms with Crippen molar-refractivity contribution in [2.75, 3.05) is 7.05 Å². The van der Waals surface area contributed by atoms with E-state index in [9.17, 15) is 4.79 Å². The molecule has 0 fully saturated rings. The minimum absolute atomic E-state index is 0.000469. The summed E-state index contributed by atoms with van der Waals surface area (Å²) < 4.78 is 0. The maximum atomic E-state index is 11.7. The number of rotatable bonds is 4. The van der Waals surface area contributed by atoms with Crippen molar-refractivity contribution < 1.29 is 4.79 Å². The fraction of sp³-hybridized carbons (Fsp3) is 0.455. The number of carbonyl (C=O) groups is 1. The second-order valence-electron chi connectivity index (χ2n) is 3.56. The summed E-state index contributed by atoms with van der Waals surface area (Å²) in [6.07, 6.45) is 1.66. The third-order valence-corrected chi connectivity index (χ3v) is 2.02. The van der Waals surface area contributed by atoms with Crippen LogP contribution in [0.3, 0.4) is 0 Å². The zero-order valence-corrected chi connectivity index (χ0v) is 8.87. The average Bonchev–Trinajstić information content (AvgIpc) is 2.18. The van der Waals surface area contributed by atoms with Crippen LogP contribution in [-0.4, -0.2) is 17.8 Å². The second kappa shape index (κ2) is 4.86. The molecule has 14 heavy (non-hydrogen) atoms. The molecule has 3 heteroatoms. The minimum Gasteiger partial charge on any atom is -0.316 e. The van der Waals surface area contributed by atoms with E-state index in [1.165, 1.54) is 0 Å². The molecule has 1 aromatic rings. The zero-order valence-electron chi connectivity index (χ0n) is 8.87. The number of ketones is 1. The van der Waals surface area contributed by atoms with Crippen molar-refractivity contribution in [1.29, 1.82) is 0 Å². The van der Waals surface area contributed by atoms with Crippen LogP contribution in [0.5, 0.6) is 0 Å². The molecule has 0 amide bonds. The molecule has 0 aliphatic carbocycles. The van der Waals surface area contributed by atoms with E-state index in [-0.39, 0.29) is 11.7 Å². The van der Waals surface area contributed by atoms with Crippen LogP contribution < -0.4 is 5.32 Å². The standard InChI is InChI=1S/C11H16N2O/c1-8(2)11(14)10-9(7-12-3)5-4-6-13-10/h4-6,8,12H,7H2,1-3H3. The van der Waals surface area contributed by atoms with E-state index in [2.05, 4.69) is 10.3 Å². The van der Waals surface area contributed by atoms with Gasteiger partial charge in [-0.2, -0.15) is 0 Å². The highest BCUT2D eigenvalue weighted by Crippen LogP contribution is 2.10. The SMILES string of the molecule is CNCc1cccnc1C(=O)C(C)C. The van der Waals surface area contributed by atoms with Crippen molar-refractivity contribution in [3.8, 4) is 0 Å². The van der Waals surface area contributed by atoms with Gasteiger partial charge in [0.1, 0.15) is 5.69 Å². The highest BCUT2D eigenvalue weighted by molar-refractivity contribution is 5.96. The Morgan fingerprint density at radius 2 is 2.29 bits per heavy atom. The molecule has 0 spiro atoms. The zero-order chi connectivity index (χ0) is 10.6. The lowest BCUT2D eigenvalue weighted by molar-refractivity contribution is 0.0933. The molecule has 0 atom stereocenters. The van der Waals surface area contributed by atoms with Crippen LogP contribution in [0.15, 0.2) is 18.3 Å². The monoisotopic (exact) mass is 192 g/mol. The molecule has 1 N–H and O–H groups in total. The normalized spacial score (nSPS) is 10.6. The molecular formula is C11H16N2O. The van der Waals surface area contributed by atoms with Gasteiger partial charge >= 0.3 is 0 Å². The highest BCUT2D eigenvalue weighted by atomic mass is 16.1. The quantitative estimate of drug-likeness (QED) is 0.737. The van der Waals surface area contributed by atoms with E-state index in [0.29, 0.717) is 12.2 Å². The maximum Gasteiger partial charge on any atom is 0.184 e. The number of hydrogen-bond acceptors (Lipinski definition) is 3. The molecule has 1 rings (SSSR count). The maximum absolute atomic E-state index is 11.7. The van der Waals surface area contributed by atoms with Gasteiger partial charge in [-0.15, -0.1) is 0 Å². The van der Waals surface area contributed by atoms with E-state index in [0.717, 1.165) is 5.56 Å². The first-order valence-corrected chi connectivity index (χ1v) is 4.79. The fourth-order valence-corrected chi connectivity index (χ4v) is 1.27. The Morgan fingerprint density at radius 3 is 2.86 bits per heavy atom. The summed E-state index contributed by atoms with van der Waals surface area (Å²) in [4.78, 5) is 15.9. The lowest BCUT2D eigenvalue weighted by Crippen LogP contribution is -2.16. The molecule has 0 saturated heterocycles. The first kappa shape index (κ1) is 10.9. The number of nitrogens with zero attached hydrogens (tertiary/aromatic N) is 1. The Labute approximate surface area is 84.6 Å². The van der Waals surface area contributed by atoms with Crippen LogP contribution in [0.25, 0.3) is 0 Å². The Balaban J connectivity index is 3.00. The van der Waals surface area contributed by atoms with Gasteiger partial charge in [0, 0.05) is 18.7 Å². The van der Waals surface area contributed by atoms with Crippen LogP contribution in [-0.2, 0) is 6.54 Å². The predicted molar refractivity (Wildman–Crippen MR) is 56.2 cm³/mol. The summed E-state index contributed by atoms with van der Waals surface area (Å²) in [5.74, 6) is 0.108. The topological polar surface area (TPSA) is 42.0 Å². The van der Waals surface area contributed by atoms with Gasteiger partial charge in [-0.25, -0.2) is 0 Å². The van der Waals surface area contributed by atoms with E-state index in [1.54, 1.807) is 6.20 Å². The lowest BCUT2D eigenvalue weighted by atomic mass is 10.0. The van der Waals surface area contributed by atoms with Gasteiger partial charge < -0.3 is 5.32 Å². The summed E-state index contributed by atoms with van der Waals surface area (Å²) in [6.45, 7) is 4.46. The first-order chi connectivity index (χ1) is 6.66. The predicted octanol–water partition coefficient (Wildman–Crippen LogP) is 1.64. The van der Waals surface area contributed by atoms with Gasteiger partial charge in [-0.3, -0.25) is 9.78 Å². The van der Waals surface area contributed by atoms with E-state index >= 15 is 0 Å². The average molecular weight is 192 g/mol. The Hall–Kier alpha value is -1.22. The third kappa shape index (κ3) is 2.39. The fourth-order valence-electron chi connectivity index (χ4n) is 1.27. The molecule has 0 unspecified atom stereocenters. The van der Waals surface area contributed by atoms with Crippen molar-refractivity contribution in [3.05, 3.63) is 29.6 Å². The summed E-state index contributed by atoms with van der Waals surface area (Å²) >= 11 is 0. The van der Waals surface area contributed by atoms with Gasteiger partial charge in [-0.05, 0) is 18.7 Å². The van der Waals surface area contributed by atoms with Gasteiger partial charge in [0.05, 0.1) is 0 Å². The lowest BCUT2D eigenvalue weighted by Gasteiger charge is -2.08. The summed E-state index contributed by atoms with van der Waals surface area (Å²) in [5, 5.41) is 3.03. The molecule has 0 aromatic carbocycles. The molecule has 76 valence electrons. The van der Waals surface area contributed by atoms with Crippen LogP contribution in [0.4, 0.5) is 0 Å². The number of carbonyl (C=O) groups excluding carboxylic acids is 1. The van der Waals surface area contributed by atoms with Crippen molar-refractivity contribution in [1.82, 2.24) is 10.3 Å². The van der Waals surface area contributed by atoms with Crippen molar-refractivity contribution in [2.24, 2.45) is 5.92 Å². The highest BCUT2D eigenvalue weighted by Gasteiger charge is 2.15. The molecule has 0 bridgehead atoms. The van der Waals surface area contributed by atoms with Gasteiger partial charge in [0.15, 0.2) is 5.78 Å². The van der Waals surface area contributed by atoms with E-state index in [4.69, 9.17) is 0 Å². The molecule has 1 aromatic heterocycles. The van der Waals surface area contributed by atoms with E-state index < -0.39 is 0 Å². The summed E-state index contributed by atoms with van der Waals surface area (Å²) in [6, 6.07) is 3.78. The Bertz CT molecular complexity index is 321.